The Bertz CT molecular complexity index is 438. The summed E-state index contributed by atoms with van der Waals surface area (Å²) in [5.41, 5.74) is 6.76. The molecule has 18 heavy (non-hydrogen) atoms. The molecule has 5 heteroatoms. The molecular formula is C13H19N3O2. The van der Waals surface area contributed by atoms with Gasteiger partial charge < -0.3 is 15.4 Å². The fraction of sp³-hybridized carbons (Fsp3) is 0.538. The van der Waals surface area contributed by atoms with Crippen molar-refractivity contribution in [3.8, 4) is 0 Å². The molecule has 1 amide bonds. The SMILES string of the molecule is COC1(CC(=O)N(C)c2ccncc2N)CCC1. The summed E-state index contributed by atoms with van der Waals surface area (Å²) in [5, 5.41) is 0. The minimum Gasteiger partial charge on any atom is -0.396 e. The molecule has 1 aliphatic rings. The molecule has 0 unspecified atom stereocenters. The predicted octanol–water partition coefficient (Wildman–Crippen LogP) is 1.59. The van der Waals surface area contributed by atoms with Crippen molar-refractivity contribution in [2.45, 2.75) is 31.3 Å². The molecule has 98 valence electrons. The Labute approximate surface area is 107 Å². The summed E-state index contributed by atoms with van der Waals surface area (Å²) in [6.45, 7) is 0. The lowest BCUT2D eigenvalue weighted by molar-refractivity contribution is -0.131. The van der Waals surface area contributed by atoms with Gasteiger partial charge in [0.2, 0.25) is 5.91 Å². The van der Waals surface area contributed by atoms with Crippen LogP contribution in [0, 0.1) is 0 Å². The van der Waals surface area contributed by atoms with Gasteiger partial charge in [0, 0.05) is 20.4 Å². The molecule has 0 aromatic carbocycles. The van der Waals surface area contributed by atoms with E-state index >= 15 is 0 Å². The zero-order valence-electron chi connectivity index (χ0n) is 10.8. The van der Waals surface area contributed by atoms with Gasteiger partial charge in [0.15, 0.2) is 0 Å². The van der Waals surface area contributed by atoms with Crippen LogP contribution in [0.15, 0.2) is 18.5 Å². The molecule has 0 radical (unpaired) electrons. The highest BCUT2D eigenvalue weighted by atomic mass is 16.5. The molecule has 5 nitrogen and oxygen atoms in total. The number of rotatable bonds is 4. The van der Waals surface area contributed by atoms with E-state index in [-0.39, 0.29) is 11.5 Å². The van der Waals surface area contributed by atoms with Crippen molar-refractivity contribution in [2.75, 3.05) is 24.8 Å². The highest BCUT2D eigenvalue weighted by Gasteiger charge is 2.39. The van der Waals surface area contributed by atoms with Crippen molar-refractivity contribution < 1.29 is 9.53 Å². The smallest absolute Gasteiger partial charge is 0.229 e. The molecule has 1 aromatic rings. The molecule has 0 bridgehead atoms. The molecule has 1 saturated carbocycles. The first kappa shape index (κ1) is 12.8. The Balaban J connectivity index is 2.07. The lowest BCUT2D eigenvalue weighted by Crippen LogP contribution is -2.44. The molecular weight excluding hydrogens is 230 g/mol. The van der Waals surface area contributed by atoms with Gasteiger partial charge in [-0.2, -0.15) is 0 Å². The van der Waals surface area contributed by atoms with E-state index in [0.717, 1.165) is 19.3 Å². The van der Waals surface area contributed by atoms with Gasteiger partial charge in [0.25, 0.3) is 0 Å². The van der Waals surface area contributed by atoms with Crippen LogP contribution in [0.25, 0.3) is 0 Å². The van der Waals surface area contributed by atoms with Gasteiger partial charge in [0.05, 0.1) is 29.6 Å². The third kappa shape index (κ3) is 2.31. The number of aromatic nitrogens is 1. The standard InChI is InChI=1S/C13H19N3O2/c1-16(11-4-7-15-9-10(11)14)12(17)8-13(18-2)5-3-6-13/h4,7,9H,3,5-6,8,14H2,1-2H3. The number of amides is 1. The lowest BCUT2D eigenvalue weighted by Gasteiger charge is -2.40. The number of methoxy groups -OCH3 is 1. The topological polar surface area (TPSA) is 68.5 Å². The molecule has 2 N–H and O–H groups in total. The van der Waals surface area contributed by atoms with E-state index in [0.29, 0.717) is 17.8 Å². The maximum absolute atomic E-state index is 12.2. The minimum atomic E-state index is -0.257. The zero-order chi connectivity index (χ0) is 13.2. The number of nitrogens with two attached hydrogens (primary N) is 1. The Morgan fingerprint density at radius 2 is 2.33 bits per heavy atom. The molecule has 1 heterocycles. The maximum Gasteiger partial charge on any atom is 0.229 e. The zero-order valence-corrected chi connectivity index (χ0v) is 10.8. The molecule has 0 atom stereocenters. The minimum absolute atomic E-state index is 0.0226. The van der Waals surface area contributed by atoms with Crippen molar-refractivity contribution in [1.82, 2.24) is 4.98 Å². The van der Waals surface area contributed by atoms with Gasteiger partial charge in [-0.25, -0.2) is 0 Å². The van der Waals surface area contributed by atoms with E-state index in [1.54, 1.807) is 37.5 Å². The van der Waals surface area contributed by atoms with Crippen molar-refractivity contribution >= 4 is 17.3 Å². The van der Waals surface area contributed by atoms with Crippen molar-refractivity contribution in [3.63, 3.8) is 0 Å². The van der Waals surface area contributed by atoms with Crippen molar-refractivity contribution in [3.05, 3.63) is 18.5 Å². The van der Waals surface area contributed by atoms with Crippen LogP contribution >= 0.6 is 0 Å². The number of hydrogen-bond acceptors (Lipinski definition) is 4. The highest BCUT2D eigenvalue weighted by Crippen LogP contribution is 2.38. The Morgan fingerprint density at radius 1 is 1.61 bits per heavy atom. The second-order valence-electron chi connectivity index (χ2n) is 4.80. The molecule has 1 fully saturated rings. The summed E-state index contributed by atoms with van der Waals surface area (Å²) in [7, 11) is 3.41. The summed E-state index contributed by atoms with van der Waals surface area (Å²) in [6, 6.07) is 1.74. The Kier molecular flexibility index (Phi) is 3.52. The molecule has 2 rings (SSSR count). The lowest BCUT2D eigenvalue weighted by atomic mass is 9.77. The first-order valence-corrected chi connectivity index (χ1v) is 6.09. The first-order valence-electron chi connectivity index (χ1n) is 6.09. The average Bonchev–Trinajstić information content (AvgIpc) is 2.33. The number of anilines is 2. The number of hydrogen-bond donors (Lipinski definition) is 1. The Morgan fingerprint density at radius 3 is 2.83 bits per heavy atom. The van der Waals surface area contributed by atoms with E-state index in [1.807, 2.05) is 0 Å². The van der Waals surface area contributed by atoms with E-state index in [4.69, 9.17) is 10.5 Å². The number of carbonyl (C=O) groups excluding carboxylic acids is 1. The number of ether oxygens (including phenoxy) is 1. The van der Waals surface area contributed by atoms with Crippen LogP contribution in [-0.2, 0) is 9.53 Å². The third-order valence-corrected chi connectivity index (χ3v) is 3.73. The summed E-state index contributed by atoms with van der Waals surface area (Å²) in [4.78, 5) is 17.7. The van der Waals surface area contributed by atoms with Crippen LogP contribution in [0.2, 0.25) is 0 Å². The monoisotopic (exact) mass is 249 g/mol. The number of nitrogens with zero attached hydrogens (tertiary/aromatic N) is 2. The number of carbonyl (C=O) groups is 1. The normalized spacial score (nSPS) is 17.0. The van der Waals surface area contributed by atoms with E-state index < -0.39 is 0 Å². The van der Waals surface area contributed by atoms with Gasteiger partial charge in [-0.05, 0) is 25.3 Å². The summed E-state index contributed by atoms with van der Waals surface area (Å²) >= 11 is 0. The summed E-state index contributed by atoms with van der Waals surface area (Å²) in [5.74, 6) is 0.0226. The number of nitrogen functional groups attached to an aromatic ring is 1. The van der Waals surface area contributed by atoms with Gasteiger partial charge in [-0.15, -0.1) is 0 Å². The summed E-state index contributed by atoms with van der Waals surface area (Å²) in [6.07, 6.45) is 6.62. The molecule has 1 aromatic heterocycles. The van der Waals surface area contributed by atoms with Crippen molar-refractivity contribution in [2.24, 2.45) is 0 Å². The van der Waals surface area contributed by atoms with E-state index in [9.17, 15) is 4.79 Å². The van der Waals surface area contributed by atoms with Gasteiger partial charge >= 0.3 is 0 Å². The molecule has 1 aliphatic carbocycles. The van der Waals surface area contributed by atoms with Crippen LogP contribution in [0.3, 0.4) is 0 Å². The average molecular weight is 249 g/mol. The Hall–Kier alpha value is -1.62. The van der Waals surface area contributed by atoms with Gasteiger partial charge in [-0.3, -0.25) is 9.78 Å². The van der Waals surface area contributed by atoms with Crippen LogP contribution in [0.5, 0.6) is 0 Å². The predicted molar refractivity (Wildman–Crippen MR) is 70.3 cm³/mol. The first-order chi connectivity index (χ1) is 8.58. The fourth-order valence-electron chi connectivity index (χ4n) is 2.26. The molecule has 0 spiro atoms. The van der Waals surface area contributed by atoms with Gasteiger partial charge in [0.1, 0.15) is 0 Å². The third-order valence-electron chi connectivity index (χ3n) is 3.73. The quantitative estimate of drug-likeness (QED) is 0.879. The highest BCUT2D eigenvalue weighted by molar-refractivity contribution is 5.96. The van der Waals surface area contributed by atoms with Crippen LogP contribution in [0.4, 0.5) is 11.4 Å². The molecule has 0 aliphatic heterocycles. The van der Waals surface area contributed by atoms with Crippen molar-refractivity contribution in [1.29, 1.82) is 0 Å². The number of pyridine rings is 1. The largest absolute Gasteiger partial charge is 0.396 e. The fourth-order valence-corrected chi connectivity index (χ4v) is 2.26. The van der Waals surface area contributed by atoms with Crippen LogP contribution in [0.1, 0.15) is 25.7 Å². The maximum atomic E-state index is 12.2. The molecule has 0 saturated heterocycles. The second kappa shape index (κ2) is 4.94. The second-order valence-corrected chi connectivity index (χ2v) is 4.80. The van der Waals surface area contributed by atoms with Crippen LogP contribution < -0.4 is 10.6 Å². The van der Waals surface area contributed by atoms with Crippen LogP contribution in [-0.4, -0.2) is 30.6 Å². The summed E-state index contributed by atoms with van der Waals surface area (Å²) < 4.78 is 5.47. The van der Waals surface area contributed by atoms with Gasteiger partial charge in [-0.1, -0.05) is 0 Å². The van der Waals surface area contributed by atoms with E-state index in [2.05, 4.69) is 4.98 Å². The van der Waals surface area contributed by atoms with E-state index in [1.165, 1.54) is 0 Å².